The van der Waals surface area contributed by atoms with E-state index in [-0.39, 0.29) is 24.0 Å². The normalized spacial score (nSPS) is 17.8. The molecule has 0 radical (unpaired) electrons. The molecule has 1 aliphatic rings. The first-order valence-electron chi connectivity index (χ1n) is 9.89. The van der Waals surface area contributed by atoms with E-state index in [1.165, 1.54) is 11.1 Å². The van der Waals surface area contributed by atoms with Gasteiger partial charge in [0.1, 0.15) is 5.76 Å². The zero-order valence-electron chi connectivity index (χ0n) is 16.8. The standard InChI is InChI=1S/C22H31N3O2.HI/c1-17-5-7-20(8-6-17)18(2)14-24-22(25-15-19-10-13-26-16-19)23-11-9-21-4-3-12-27-21;/h3-8,12,18-19H,9-11,13-16H2,1-2H3,(H2,23,24,25);1H. The average molecular weight is 497 g/mol. The molecule has 1 fully saturated rings. The van der Waals surface area contributed by atoms with E-state index >= 15 is 0 Å². The Morgan fingerprint density at radius 3 is 2.71 bits per heavy atom. The van der Waals surface area contributed by atoms with Gasteiger partial charge < -0.3 is 19.8 Å². The highest BCUT2D eigenvalue weighted by molar-refractivity contribution is 14.0. The van der Waals surface area contributed by atoms with E-state index in [1.54, 1.807) is 6.26 Å². The van der Waals surface area contributed by atoms with Crippen molar-refractivity contribution >= 4 is 29.9 Å². The van der Waals surface area contributed by atoms with Gasteiger partial charge in [-0.15, -0.1) is 24.0 Å². The summed E-state index contributed by atoms with van der Waals surface area (Å²) in [6.07, 6.45) is 3.67. The van der Waals surface area contributed by atoms with Gasteiger partial charge in [-0.1, -0.05) is 36.8 Å². The summed E-state index contributed by atoms with van der Waals surface area (Å²) >= 11 is 0. The van der Waals surface area contributed by atoms with E-state index in [0.29, 0.717) is 11.8 Å². The molecule has 2 N–H and O–H groups in total. The fraction of sp³-hybridized carbons (Fsp3) is 0.500. The topological polar surface area (TPSA) is 58.8 Å². The van der Waals surface area contributed by atoms with Gasteiger partial charge in [0.05, 0.1) is 12.9 Å². The number of halogens is 1. The second kappa shape index (κ2) is 12.1. The van der Waals surface area contributed by atoms with Gasteiger partial charge in [0.25, 0.3) is 0 Å². The lowest BCUT2D eigenvalue weighted by Gasteiger charge is -2.16. The second-order valence-corrected chi connectivity index (χ2v) is 7.37. The number of benzene rings is 1. The maximum atomic E-state index is 5.47. The molecule has 0 spiro atoms. The van der Waals surface area contributed by atoms with Gasteiger partial charge in [-0.05, 0) is 31.0 Å². The van der Waals surface area contributed by atoms with Crippen molar-refractivity contribution in [3.05, 3.63) is 59.5 Å². The summed E-state index contributed by atoms with van der Waals surface area (Å²) in [7, 11) is 0. The molecule has 2 heterocycles. The van der Waals surface area contributed by atoms with Crippen LogP contribution < -0.4 is 10.6 Å². The molecule has 6 heteroatoms. The maximum Gasteiger partial charge on any atom is 0.191 e. The number of rotatable bonds is 8. The van der Waals surface area contributed by atoms with E-state index in [1.807, 2.05) is 12.1 Å². The van der Waals surface area contributed by atoms with Crippen LogP contribution in [-0.4, -0.2) is 38.8 Å². The summed E-state index contributed by atoms with van der Waals surface area (Å²) in [5.74, 6) is 2.80. The van der Waals surface area contributed by atoms with Gasteiger partial charge in [0, 0.05) is 44.5 Å². The Bertz CT molecular complexity index is 695. The highest BCUT2D eigenvalue weighted by atomic mass is 127. The van der Waals surface area contributed by atoms with Gasteiger partial charge in [-0.3, -0.25) is 4.99 Å². The lowest BCUT2D eigenvalue weighted by molar-refractivity contribution is 0.186. The van der Waals surface area contributed by atoms with Crippen LogP contribution >= 0.6 is 24.0 Å². The van der Waals surface area contributed by atoms with E-state index in [9.17, 15) is 0 Å². The quantitative estimate of drug-likeness (QED) is 0.327. The Morgan fingerprint density at radius 1 is 1.21 bits per heavy atom. The predicted octanol–water partition coefficient (Wildman–Crippen LogP) is 4.12. The van der Waals surface area contributed by atoms with Crippen LogP contribution in [-0.2, 0) is 11.2 Å². The lowest BCUT2D eigenvalue weighted by Crippen LogP contribution is -2.41. The van der Waals surface area contributed by atoms with Crippen molar-refractivity contribution in [2.45, 2.75) is 32.6 Å². The number of guanidine groups is 1. The summed E-state index contributed by atoms with van der Waals surface area (Å²) in [4.78, 5) is 4.83. The Morgan fingerprint density at radius 2 is 2.04 bits per heavy atom. The minimum atomic E-state index is 0. The summed E-state index contributed by atoms with van der Waals surface area (Å²) < 4.78 is 10.9. The maximum absolute atomic E-state index is 5.47. The van der Waals surface area contributed by atoms with Gasteiger partial charge in [0.2, 0.25) is 0 Å². The third kappa shape index (κ3) is 7.47. The van der Waals surface area contributed by atoms with Crippen molar-refractivity contribution in [3.8, 4) is 0 Å². The largest absolute Gasteiger partial charge is 0.469 e. The molecule has 2 unspecified atom stereocenters. The van der Waals surface area contributed by atoms with Crippen molar-refractivity contribution in [3.63, 3.8) is 0 Å². The molecule has 0 saturated carbocycles. The SMILES string of the molecule is Cc1ccc(C(C)CN=C(NCCc2ccco2)NCC2CCOC2)cc1.I. The number of furan rings is 1. The van der Waals surface area contributed by atoms with Gasteiger partial charge in [-0.2, -0.15) is 0 Å². The van der Waals surface area contributed by atoms with Crippen molar-refractivity contribution in [2.24, 2.45) is 10.9 Å². The smallest absolute Gasteiger partial charge is 0.191 e. The predicted molar refractivity (Wildman–Crippen MR) is 125 cm³/mol. The molecule has 2 aromatic rings. The number of hydrogen-bond acceptors (Lipinski definition) is 3. The fourth-order valence-corrected chi connectivity index (χ4v) is 3.15. The molecule has 0 amide bonds. The van der Waals surface area contributed by atoms with Crippen LogP contribution in [0.4, 0.5) is 0 Å². The molecule has 0 aliphatic carbocycles. The first-order valence-corrected chi connectivity index (χ1v) is 9.89. The summed E-state index contributed by atoms with van der Waals surface area (Å²) in [6.45, 7) is 8.48. The van der Waals surface area contributed by atoms with E-state index in [4.69, 9.17) is 14.1 Å². The Balaban J connectivity index is 0.00000280. The van der Waals surface area contributed by atoms with Crippen LogP contribution in [0.2, 0.25) is 0 Å². The minimum absolute atomic E-state index is 0. The average Bonchev–Trinajstić information content (AvgIpc) is 3.37. The molecular weight excluding hydrogens is 465 g/mol. The number of ether oxygens (including phenoxy) is 1. The first-order chi connectivity index (χ1) is 13.2. The molecule has 1 saturated heterocycles. The molecule has 3 rings (SSSR count). The van der Waals surface area contributed by atoms with Gasteiger partial charge in [0.15, 0.2) is 5.96 Å². The van der Waals surface area contributed by atoms with E-state index < -0.39 is 0 Å². The van der Waals surface area contributed by atoms with Crippen molar-refractivity contribution in [2.75, 3.05) is 32.8 Å². The number of nitrogens with one attached hydrogen (secondary N) is 2. The number of aryl methyl sites for hydroxylation is 1. The molecule has 0 bridgehead atoms. The van der Waals surface area contributed by atoms with Crippen LogP contribution in [0, 0.1) is 12.8 Å². The second-order valence-electron chi connectivity index (χ2n) is 7.37. The van der Waals surface area contributed by atoms with Gasteiger partial charge in [-0.25, -0.2) is 0 Å². The van der Waals surface area contributed by atoms with Crippen LogP contribution in [0.3, 0.4) is 0 Å². The Hall–Kier alpha value is -1.54. The highest BCUT2D eigenvalue weighted by Gasteiger charge is 2.16. The van der Waals surface area contributed by atoms with Crippen LogP contribution in [0.25, 0.3) is 0 Å². The monoisotopic (exact) mass is 497 g/mol. The molecule has 28 heavy (non-hydrogen) atoms. The molecule has 5 nitrogen and oxygen atoms in total. The van der Waals surface area contributed by atoms with E-state index in [2.05, 4.69) is 48.7 Å². The first kappa shape index (κ1) is 22.7. The molecule has 154 valence electrons. The minimum Gasteiger partial charge on any atom is -0.469 e. The molecular formula is C22H32IN3O2. The third-order valence-corrected chi connectivity index (χ3v) is 5.00. The molecule has 1 aromatic carbocycles. The Labute approximate surface area is 185 Å². The highest BCUT2D eigenvalue weighted by Crippen LogP contribution is 2.16. The molecule has 2 atom stereocenters. The van der Waals surface area contributed by atoms with Crippen LogP contribution in [0.1, 0.15) is 36.1 Å². The lowest BCUT2D eigenvalue weighted by atomic mass is 10.0. The zero-order chi connectivity index (χ0) is 18.9. The fourth-order valence-electron chi connectivity index (χ4n) is 3.15. The summed E-state index contributed by atoms with van der Waals surface area (Å²) in [6, 6.07) is 12.6. The molecule has 1 aromatic heterocycles. The summed E-state index contributed by atoms with van der Waals surface area (Å²) in [5.41, 5.74) is 2.61. The number of nitrogens with zero attached hydrogens (tertiary/aromatic N) is 1. The van der Waals surface area contributed by atoms with E-state index in [0.717, 1.165) is 57.4 Å². The number of aliphatic imine (C=N–C) groups is 1. The third-order valence-electron chi connectivity index (χ3n) is 5.00. The van der Waals surface area contributed by atoms with Crippen LogP contribution in [0.15, 0.2) is 52.1 Å². The van der Waals surface area contributed by atoms with Crippen LogP contribution in [0.5, 0.6) is 0 Å². The molecule has 1 aliphatic heterocycles. The zero-order valence-corrected chi connectivity index (χ0v) is 19.1. The van der Waals surface area contributed by atoms with Crippen molar-refractivity contribution < 1.29 is 9.15 Å². The number of hydrogen-bond donors (Lipinski definition) is 2. The van der Waals surface area contributed by atoms with Crippen molar-refractivity contribution in [1.29, 1.82) is 0 Å². The van der Waals surface area contributed by atoms with Crippen molar-refractivity contribution in [1.82, 2.24) is 10.6 Å². The Kier molecular flexibility index (Phi) is 9.84. The summed E-state index contributed by atoms with van der Waals surface area (Å²) in [5, 5.41) is 6.92. The van der Waals surface area contributed by atoms with Gasteiger partial charge >= 0.3 is 0 Å².